The summed E-state index contributed by atoms with van der Waals surface area (Å²) >= 11 is 0. The number of hydrogen-bond donors (Lipinski definition) is 4. The molecule has 3 heterocycles. The van der Waals surface area contributed by atoms with Crippen LogP contribution in [0.25, 0.3) is 10.9 Å². The Morgan fingerprint density at radius 2 is 2.10 bits per heavy atom. The Morgan fingerprint density at radius 3 is 2.77 bits per heavy atom. The van der Waals surface area contributed by atoms with Crippen molar-refractivity contribution in [3.8, 4) is 0 Å². The second-order valence-corrected chi connectivity index (χ2v) is 8.98. The second kappa shape index (κ2) is 8.10. The second-order valence-electron chi connectivity index (χ2n) is 8.98. The van der Waals surface area contributed by atoms with Gasteiger partial charge in [-0.25, -0.2) is 0 Å². The smallest absolute Gasteiger partial charge is 0.273 e. The number of rotatable bonds is 5. The van der Waals surface area contributed by atoms with Crippen molar-refractivity contribution in [1.29, 1.82) is 0 Å². The summed E-state index contributed by atoms with van der Waals surface area (Å²) < 4.78 is 1.95. The molecule has 3 aromatic rings. The minimum Gasteiger partial charge on any atom is -0.364 e. The molecule has 0 aliphatic carbocycles. The summed E-state index contributed by atoms with van der Waals surface area (Å²) in [7, 11) is 0. The number of benzene rings is 1. The number of fused-ring (bicyclic) bond motifs is 1. The molecule has 1 amide bonds. The number of nitrogens with one attached hydrogen (secondary N) is 3. The Balaban J connectivity index is 1.66. The predicted molar refractivity (Wildman–Crippen MR) is 121 cm³/mol. The van der Waals surface area contributed by atoms with Gasteiger partial charge in [0.25, 0.3) is 5.91 Å². The van der Waals surface area contributed by atoms with Crippen LogP contribution in [0.5, 0.6) is 0 Å². The molecule has 1 aliphatic rings. The van der Waals surface area contributed by atoms with Gasteiger partial charge < -0.3 is 21.7 Å². The van der Waals surface area contributed by atoms with Crippen molar-refractivity contribution in [2.75, 3.05) is 23.7 Å². The minimum atomic E-state index is -0.688. The third-order valence-corrected chi connectivity index (χ3v) is 5.30. The fourth-order valence-corrected chi connectivity index (χ4v) is 3.66. The van der Waals surface area contributed by atoms with Crippen LogP contribution in [0.1, 0.15) is 49.7 Å². The molecule has 0 bridgehead atoms. The summed E-state index contributed by atoms with van der Waals surface area (Å²) in [4.78, 5) is 16.4. The zero-order valence-electron chi connectivity index (χ0n) is 18.4. The molecule has 0 unspecified atom stereocenters. The number of amides is 1. The SMILES string of the molecule is Cc1cc(Nc2nc(N[C@H]3CCCNC3)nnc2C(N)=O)cc2cn(C(C)(C)C)nc12. The molecule has 0 radical (unpaired) electrons. The van der Waals surface area contributed by atoms with Gasteiger partial charge in [-0.15, -0.1) is 10.2 Å². The van der Waals surface area contributed by atoms with E-state index in [1.165, 1.54) is 0 Å². The fraction of sp³-hybridized carbons (Fsp3) is 0.476. The highest BCUT2D eigenvalue weighted by atomic mass is 16.1. The van der Waals surface area contributed by atoms with Gasteiger partial charge in [0.1, 0.15) is 0 Å². The molecule has 1 aromatic carbocycles. The van der Waals surface area contributed by atoms with Gasteiger partial charge in [0.15, 0.2) is 11.5 Å². The zero-order chi connectivity index (χ0) is 22.2. The lowest BCUT2D eigenvalue weighted by molar-refractivity contribution is 0.0995. The zero-order valence-corrected chi connectivity index (χ0v) is 18.4. The highest BCUT2D eigenvalue weighted by Gasteiger charge is 2.20. The molecule has 164 valence electrons. The standard InChI is InChI=1S/C21H29N9O/c1-12-8-15(9-13-11-30(21(2,3)4)29-16(12)13)24-19-17(18(22)31)27-28-20(26-19)25-14-6-5-7-23-10-14/h8-9,11,14,23H,5-7,10H2,1-4H3,(H2,22,31)(H2,24,25,26,28)/t14-/m0/s1. The summed E-state index contributed by atoms with van der Waals surface area (Å²) in [6.07, 6.45) is 4.12. The summed E-state index contributed by atoms with van der Waals surface area (Å²) in [5.74, 6) is -0.0537. The molecular weight excluding hydrogens is 394 g/mol. The van der Waals surface area contributed by atoms with Crippen LogP contribution in [-0.4, -0.2) is 50.0 Å². The van der Waals surface area contributed by atoms with Crippen molar-refractivity contribution in [2.45, 2.75) is 52.1 Å². The third-order valence-electron chi connectivity index (χ3n) is 5.30. The van der Waals surface area contributed by atoms with E-state index >= 15 is 0 Å². The normalized spacial score (nSPS) is 17.0. The first-order chi connectivity index (χ1) is 14.7. The van der Waals surface area contributed by atoms with E-state index < -0.39 is 5.91 Å². The molecule has 1 saturated heterocycles. The predicted octanol–water partition coefficient (Wildman–Crippen LogP) is 2.29. The molecule has 1 fully saturated rings. The Bertz CT molecular complexity index is 1110. The number of hydrogen-bond acceptors (Lipinski definition) is 8. The number of carbonyl (C=O) groups is 1. The number of aryl methyl sites for hydroxylation is 1. The van der Waals surface area contributed by atoms with Crippen molar-refractivity contribution >= 4 is 34.3 Å². The van der Waals surface area contributed by atoms with E-state index in [0.717, 1.165) is 48.1 Å². The van der Waals surface area contributed by atoms with Crippen molar-refractivity contribution in [3.63, 3.8) is 0 Å². The van der Waals surface area contributed by atoms with Crippen LogP contribution in [0, 0.1) is 6.92 Å². The van der Waals surface area contributed by atoms with Gasteiger partial charge >= 0.3 is 0 Å². The van der Waals surface area contributed by atoms with E-state index in [1.807, 2.05) is 29.9 Å². The highest BCUT2D eigenvalue weighted by Crippen LogP contribution is 2.27. The van der Waals surface area contributed by atoms with E-state index in [-0.39, 0.29) is 23.1 Å². The minimum absolute atomic E-state index is 0.00421. The lowest BCUT2D eigenvalue weighted by atomic mass is 10.1. The molecular formula is C21H29N9O. The summed E-state index contributed by atoms with van der Waals surface area (Å²) in [6.45, 7) is 10.2. The maximum absolute atomic E-state index is 11.9. The van der Waals surface area contributed by atoms with Crippen LogP contribution < -0.4 is 21.7 Å². The van der Waals surface area contributed by atoms with Crippen LogP contribution in [0.15, 0.2) is 18.3 Å². The molecule has 1 atom stereocenters. The molecule has 10 nitrogen and oxygen atoms in total. The number of primary amides is 1. The number of carbonyl (C=O) groups excluding carboxylic acids is 1. The molecule has 10 heteroatoms. The topological polar surface area (TPSA) is 136 Å². The number of piperidine rings is 1. The van der Waals surface area contributed by atoms with Crippen LogP contribution in [0.4, 0.5) is 17.5 Å². The van der Waals surface area contributed by atoms with Crippen LogP contribution >= 0.6 is 0 Å². The van der Waals surface area contributed by atoms with Crippen LogP contribution in [0.2, 0.25) is 0 Å². The van der Waals surface area contributed by atoms with E-state index in [4.69, 9.17) is 10.8 Å². The van der Waals surface area contributed by atoms with Crippen molar-refractivity contribution in [1.82, 2.24) is 30.3 Å². The Labute approximate surface area is 181 Å². The fourth-order valence-electron chi connectivity index (χ4n) is 3.66. The Morgan fingerprint density at radius 1 is 1.29 bits per heavy atom. The average molecular weight is 424 g/mol. The van der Waals surface area contributed by atoms with Gasteiger partial charge in [0.05, 0.1) is 11.1 Å². The maximum atomic E-state index is 11.9. The monoisotopic (exact) mass is 423 g/mol. The Kier molecular flexibility index (Phi) is 5.48. The van der Waals surface area contributed by atoms with Gasteiger partial charge in [-0.2, -0.15) is 10.1 Å². The molecule has 0 saturated carbocycles. The lowest BCUT2D eigenvalue weighted by Crippen LogP contribution is -2.39. The van der Waals surface area contributed by atoms with Gasteiger partial charge in [-0.1, -0.05) is 0 Å². The van der Waals surface area contributed by atoms with Crippen molar-refractivity contribution in [3.05, 3.63) is 29.6 Å². The lowest BCUT2D eigenvalue weighted by Gasteiger charge is -2.23. The number of nitrogens with zero attached hydrogens (tertiary/aromatic N) is 5. The molecule has 5 N–H and O–H groups in total. The molecule has 4 rings (SSSR count). The first-order valence-corrected chi connectivity index (χ1v) is 10.5. The summed E-state index contributed by atoms with van der Waals surface area (Å²) in [5, 5.41) is 23.6. The maximum Gasteiger partial charge on any atom is 0.273 e. The highest BCUT2D eigenvalue weighted by molar-refractivity contribution is 5.96. The number of nitrogens with two attached hydrogens (primary N) is 1. The first kappa shape index (κ1) is 21.0. The van der Waals surface area contributed by atoms with E-state index in [1.54, 1.807) is 0 Å². The van der Waals surface area contributed by atoms with Gasteiger partial charge in [0.2, 0.25) is 5.95 Å². The van der Waals surface area contributed by atoms with E-state index in [2.05, 4.69) is 51.9 Å². The largest absolute Gasteiger partial charge is 0.364 e. The quantitative estimate of drug-likeness (QED) is 0.491. The summed E-state index contributed by atoms with van der Waals surface area (Å²) in [6, 6.07) is 4.15. The first-order valence-electron chi connectivity index (χ1n) is 10.5. The molecule has 2 aromatic heterocycles. The van der Waals surface area contributed by atoms with Gasteiger partial charge in [0, 0.05) is 29.9 Å². The van der Waals surface area contributed by atoms with Crippen molar-refractivity contribution in [2.24, 2.45) is 5.73 Å². The van der Waals surface area contributed by atoms with Gasteiger partial charge in [-0.05, 0) is 64.8 Å². The summed E-state index contributed by atoms with van der Waals surface area (Å²) in [5.41, 5.74) is 8.10. The van der Waals surface area contributed by atoms with Crippen LogP contribution in [0.3, 0.4) is 0 Å². The van der Waals surface area contributed by atoms with Crippen LogP contribution in [-0.2, 0) is 5.54 Å². The Hall–Kier alpha value is -3.27. The van der Waals surface area contributed by atoms with E-state index in [9.17, 15) is 4.79 Å². The van der Waals surface area contributed by atoms with E-state index in [0.29, 0.717) is 5.95 Å². The van der Waals surface area contributed by atoms with Gasteiger partial charge in [-0.3, -0.25) is 9.48 Å². The molecule has 1 aliphatic heterocycles. The third kappa shape index (κ3) is 4.58. The molecule has 0 spiro atoms. The molecule has 31 heavy (non-hydrogen) atoms. The van der Waals surface area contributed by atoms with Crippen molar-refractivity contribution < 1.29 is 4.79 Å². The number of aromatic nitrogens is 5. The number of anilines is 3. The average Bonchev–Trinajstić information content (AvgIpc) is 3.14.